The van der Waals surface area contributed by atoms with Gasteiger partial charge < -0.3 is 10.1 Å². The molecule has 0 spiro atoms. The van der Waals surface area contributed by atoms with Crippen LogP contribution in [0, 0.1) is 5.82 Å². The van der Waals surface area contributed by atoms with E-state index in [0.717, 1.165) is 22.9 Å². The van der Waals surface area contributed by atoms with Crippen molar-refractivity contribution in [2.24, 2.45) is 0 Å². The van der Waals surface area contributed by atoms with Gasteiger partial charge >= 0.3 is 0 Å². The SMILES string of the molecule is Fc1ccc(C2CNc3sccc3O2)cc1. The molecule has 4 heteroatoms. The lowest BCUT2D eigenvalue weighted by atomic mass is 10.1. The summed E-state index contributed by atoms with van der Waals surface area (Å²) in [6, 6.07) is 8.39. The van der Waals surface area contributed by atoms with Crippen LogP contribution < -0.4 is 10.1 Å². The molecule has 1 aliphatic heterocycles. The molecular formula is C12H10FNOS. The first-order valence-electron chi connectivity index (χ1n) is 5.06. The zero-order chi connectivity index (χ0) is 11.0. The van der Waals surface area contributed by atoms with E-state index in [9.17, 15) is 4.39 Å². The molecule has 0 radical (unpaired) electrons. The van der Waals surface area contributed by atoms with E-state index >= 15 is 0 Å². The molecule has 2 heterocycles. The summed E-state index contributed by atoms with van der Waals surface area (Å²) in [7, 11) is 0. The van der Waals surface area contributed by atoms with E-state index in [1.165, 1.54) is 12.1 Å². The Hall–Kier alpha value is -1.55. The van der Waals surface area contributed by atoms with E-state index < -0.39 is 0 Å². The number of thiophene rings is 1. The predicted molar refractivity (Wildman–Crippen MR) is 62.6 cm³/mol. The van der Waals surface area contributed by atoms with Crippen molar-refractivity contribution in [3.8, 4) is 5.75 Å². The van der Waals surface area contributed by atoms with Gasteiger partial charge in [-0.25, -0.2) is 4.39 Å². The van der Waals surface area contributed by atoms with Gasteiger partial charge in [0.1, 0.15) is 16.9 Å². The fourth-order valence-corrected chi connectivity index (χ4v) is 2.49. The van der Waals surface area contributed by atoms with Gasteiger partial charge in [0.25, 0.3) is 0 Å². The number of fused-ring (bicyclic) bond motifs is 1. The van der Waals surface area contributed by atoms with Crippen molar-refractivity contribution < 1.29 is 9.13 Å². The second-order valence-electron chi connectivity index (χ2n) is 3.65. The third-order valence-electron chi connectivity index (χ3n) is 2.59. The number of hydrogen-bond acceptors (Lipinski definition) is 3. The largest absolute Gasteiger partial charge is 0.481 e. The quantitative estimate of drug-likeness (QED) is 0.817. The highest BCUT2D eigenvalue weighted by atomic mass is 32.1. The van der Waals surface area contributed by atoms with Crippen LogP contribution in [-0.4, -0.2) is 6.54 Å². The Bertz CT molecular complexity index is 494. The number of nitrogens with one attached hydrogen (secondary N) is 1. The molecule has 0 saturated heterocycles. The van der Waals surface area contributed by atoms with E-state index in [0.29, 0.717) is 0 Å². The molecule has 1 unspecified atom stereocenters. The maximum atomic E-state index is 12.8. The normalized spacial score (nSPS) is 18.4. The number of halogens is 1. The molecule has 0 bridgehead atoms. The zero-order valence-corrected chi connectivity index (χ0v) is 9.26. The van der Waals surface area contributed by atoms with Crippen LogP contribution in [0.2, 0.25) is 0 Å². The Balaban J connectivity index is 1.86. The number of benzene rings is 1. The monoisotopic (exact) mass is 235 g/mol. The molecule has 82 valence electrons. The first-order valence-corrected chi connectivity index (χ1v) is 5.94. The first-order chi connectivity index (χ1) is 7.83. The van der Waals surface area contributed by atoms with E-state index in [2.05, 4.69) is 5.32 Å². The highest BCUT2D eigenvalue weighted by Crippen LogP contribution is 2.38. The highest BCUT2D eigenvalue weighted by Gasteiger charge is 2.21. The van der Waals surface area contributed by atoms with Crippen molar-refractivity contribution in [2.45, 2.75) is 6.10 Å². The average Bonchev–Trinajstić information content (AvgIpc) is 2.77. The van der Waals surface area contributed by atoms with E-state index in [1.807, 2.05) is 11.4 Å². The van der Waals surface area contributed by atoms with Crippen LogP contribution >= 0.6 is 11.3 Å². The summed E-state index contributed by atoms with van der Waals surface area (Å²) < 4.78 is 18.6. The van der Waals surface area contributed by atoms with Crippen molar-refractivity contribution >= 4 is 16.3 Å². The average molecular weight is 235 g/mol. The molecule has 0 saturated carbocycles. The summed E-state index contributed by atoms with van der Waals surface area (Å²) in [5, 5.41) is 6.36. The number of rotatable bonds is 1. The second kappa shape index (κ2) is 3.79. The molecule has 1 aromatic heterocycles. The lowest BCUT2D eigenvalue weighted by Gasteiger charge is -2.25. The molecule has 1 atom stereocenters. The van der Waals surface area contributed by atoms with Gasteiger partial charge in [-0.15, -0.1) is 11.3 Å². The van der Waals surface area contributed by atoms with Crippen LogP contribution in [0.5, 0.6) is 5.75 Å². The summed E-state index contributed by atoms with van der Waals surface area (Å²) in [6.45, 7) is 0.721. The van der Waals surface area contributed by atoms with Crippen LogP contribution in [0.1, 0.15) is 11.7 Å². The summed E-state index contributed by atoms with van der Waals surface area (Å²) in [5.74, 6) is 0.661. The van der Waals surface area contributed by atoms with E-state index in [-0.39, 0.29) is 11.9 Å². The summed E-state index contributed by atoms with van der Waals surface area (Å²) in [4.78, 5) is 0. The van der Waals surface area contributed by atoms with Crippen LogP contribution in [0.3, 0.4) is 0 Å². The van der Waals surface area contributed by atoms with Gasteiger partial charge in [-0.1, -0.05) is 12.1 Å². The Morgan fingerprint density at radius 3 is 2.88 bits per heavy atom. The molecule has 2 aromatic rings. The van der Waals surface area contributed by atoms with Crippen molar-refractivity contribution in [2.75, 3.05) is 11.9 Å². The standard InChI is InChI=1S/C12H10FNOS/c13-9-3-1-8(2-4-9)11-7-14-12-10(15-11)5-6-16-12/h1-6,11,14H,7H2. The molecule has 0 aliphatic carbocycles. The van der Waals surface area contributed by atoms with Gasteiger partial charge in [-0.2, -0.15) is 0 Å². The lowest BCUT2D eigenvalue weighted by Crippen LogP contribution is -2.22. The van der Waals surface area contributed by atoms with Gasteiger partial charge in [0.2, 0.25) is 0 Å². The van der Waals surface area contributed by atoms with Crippen molar-refractivity contribution in [3.05, 3.63) is 47.1 Å². The molecular weight excluding hydrogens is 225 g/mol. The number of ether oxygens (including phenoxy) is 1. The van der Waals surface area contributed by atoms with Gasteiger partial charge in [-0.05, 0) is 29.1 Å². The third-order valence-corrected chi connectivity index (χ3v) is 3.44. The molecule has 3 rings (SSSR count). The van der Waals surface area contributed by atoms with Gasteiger partial charge in [0.15, 0.2) is 5.75 Å². The Kier molecular flexibility index (Phi) is 2.29. The van der Waals surface area contributed by atoms with Gasteiger partial charge in [-0.3, -0.25) is 0 Å². The summed E-state index contributed by atoms with van der Waals surface area (Å²) in [5.41, 5.74) is 0.991. The van der Waals surface area contributed by atoms with Gasteiger partial charge in [0.05, 0.1) is 6.54 Å². The molecule has 1 aromatic carbocycles. The summed E-state index contributed by atoms with van der Waals surface area (Å²) >= 11 is 1.63. The maximum absolute atomic E-state index is 12.8. The highest BCUT2D eigenvalue weighted by molar-refractivity contribution is 7.14. The molecule has 1 N–H and O–H groups in total. The second-order valence-corrected chi connectivity index (χ2v) is 4.57. The van der Waals surface area contributed by atoms with Crippen LogP contribution in [0.4, 0.5) is 9.39 Å². The topological polar surface area (TPSA) is 21.3 Å². The minimum absolute atomic E-state index is 0.0392. The molecule has 16 heavy (non-hydrogen) atoms. The lowest BCUT2D eigenvalue weighted by molar-refractivity contribution is 0.212. The van der Waals surface area contributed by atoms with E-state index in [1.54, 1.807) is 23.5 Å². The fraction of sp³-hybridized carbons (Fsp3) is 0.167. The Labute approximate surface area is 96.7 Å². The van der Waals surface area contributed by atoms with Crippen molar-refractivity contribution in [1.82, 2.24) is 0 Å². The van der Waals surface area contributed by atoms with Crippen molar-refractivity contribution in [1.29, 1.82) is 0 Å². The first kappa shape index (κ1) is 9.66. The van der Waals surface area contributed by atoms with Gasteiger partial charge in [0, 0.05) is 0 Å². The molecule has 0 amide bonds. The Morgan fingerprint density at radius 1 is 1.25 bits per heavy atom. The minimum atomic E-state index is -0.219. The minimum Gasteiger partial charge on any atom is -0.481 e. The smallest absolute Gasteiger partial charge is 0.154 e. The van der Waals surface area contributed by atoms with E-state index in [4.69, 9.17) is 4.74 Å². The van der Waals surface area contributed by atoms with Crippen molar-refractivity contribution in [3.63, 3.8) is 0 Å². The molecule has 1 aliphatic rings. The predicted octanol–water partition coefficient (Wildman–Crippen LogP) is 3.43. The zero-order valence-electron chi connectivity index (χ0n) is 8.44. The number of anilines is 1. The van der Waals surface area contributed by atoms with Crippen LogP contribution in [-0.2, 0) is 0 Å². The number of hydrogen-bond donors (Lipinski definition) is 1. The third kappa shape index (κ3) is 1.65. The molecule has 0 fully saturated rings. The van der Waals surface area contributed by atoms with Crippen LogP contribution in [0.15, 0.2) is 35.7 Å². The molecule has 2 nitrogen and oxygen atoms in total. The maximum Gasteiger partial charge on any atom is 0.154 e. The van der Waals surface area contributed by atoms with Crippen LogP contribution in [0.25, 0.3) is 0 Å². The summed E-state index contributed by atoms with van der Waals surface area (Å²) in [6.07, 6.45) is -0.0392. The fourth-order valence-electron chi connectivity index (χ4n) is 1.76. The Morgan fingerprint density at radius 2 is 2.06 bits per heavy atom.